The van der Waals surface area contributed by atoms with Crippen molar-refractivity contribution in [2.45, 2.75) is 13.8 Å². The molecule has 0 N–H and O–H groups in total. The number of ketones is 1. The van der Waals surface area contributed by atoms with E-state index in [1.165, 1.54) is 7.11 Å². The van der Waals surface area contributed by atoms with Crippen LogP contribution in [0.25, 0.3) is 0 Å². The molecule has 0 radical (unpaired) electrons. The molecule has 1 aliphatic heterocycles. The first-order valence-electron chi connectivity index (χ1n) is 6.46. The molecule has 1 heterocycles. The molecule has 102 valence electrons. The van der Waals surface area contributed by atoms with Gasteiger partial charge in [0.05, 0.1) is 13.0 Å². The van der Waals surface area contributed by atoms with E-state index < -0.39 is 0 Å². The molecule has 2 atom stereocenters. The highest BCUT2D eigenvalue weighted by Gasteiger charge is 2.35. The van der Waals surface area contributed by atoms with E-state index in [-0.39, 0.29) is 23.6 Å². The number of esters is 1. The Bertz CT molecular complexity index is 481. The highest BCUT2D eigenvalue weighted by atomic mass is 16.5. The number of anilines is 1. The number of benzene rings is 1. The zero-order chi connectivity index (χ0) is 14.0. The van der Waals surface area contributed by atoms with E-state index in [4.69, 9.17) is 4.74 Å². The van der Waals surface area contributed by atoms with Gasteiger partial charge in [-0.25, -0.2) is 0 Å². The number of hydrogen-bond acceptors (Lipinski definition) is 4. The highest BCUT2D eigenvalue weighted by molar-refractivity contribution is 5.94. The highest BCUT2D eigenvalue weighted by Crippen LogP contribution is 2.29. The van der Waals surface area contributed by atoms with Gasteiger partial charge in [-0.1, -0.05) is 6.92 Å². The fourth-order valence-electron chi connectivity index (χ4n) is 2.54. The van der Waals surface area contributed by atoms with Crippen molar-refractivity contribution in [3.8, 4) is 0 Å². The first-order chi connectivity index (χ1) is 9.02. The third-order valence-corrected chi connectivity index (χ3v) is 3.76. The molecule has 4 nitrogen and oxygen atoms in total. The Morgan fingerprint density at radius 1 is 1.21 bits per heavy atom. The summed E-state index contributed by atoms with van der Waals surface area (Å²) < 4.78 is 4.83. The minimum Gasteiger partial charge on any atom is -0.469 e. The lowest BCUT2D eigenvalue weighted by molar-refractivity contribution is -0.145. The lowest BCUT2D eigenvalue weighted by Gasteiger charge is -2.18. The van der Waals surface area contributed by atoms with Crippen LogP contribution < -0.4 is 4.90 Å². The van der Waals surface area contributed by atoms with Gasteiger partial charge in [-0.05, 0) is 37.1 Å². The van der Waals surface area contributed by atoms with E-state index in [9.17, 15) is 9.59 Å². The number of carbonyl (C=O) groups excluding carboxylic acids is 2. The molecule has 0 aliphatic carbocycles. The van der Waals surface area contributed by atoms with Gasteiger partial charge in [0.1, 0.15) is 0 Å². The average molecular weight is 261 g/mol. The number of ether oxygens (including phenoxy) is 1. The average Bonchev–Trinajstić information content (AvgIpc) is 2.80. The summed E-state index contributed by atoms with van der Waals surface area (Å²) >= 11 is 0. The number of rotatable bonds is 3. The van der Waals surface area contributed by atoms with Crippen LogP contribution >= 0.6 is 0 Å². The van der Waals surface area contributed by atoms with Crippen molar-refractivity contribution in [3.63, 3.8) is 0 Å². The minimum absolute atomic E-state index is 0.0637. The van der Waals surface area contributed by atoms with Crippen molar-refractivity contribution in [1.29, 1.82) is 0 Å². The summed E-state index contributed by atoms with van der Waals surface area (Å²) in [6.45, 7) is 5.12. The molecule has 1 aromatic carbocycles. The van der Waals surface area contributed by atoms with Crippen LogP contribution in [0.4, 0.5) is 5.69 Å². The van der Waals surface area contributed by atoms with E-state index in [2.05, 4.69) is 11.8 Å². The van der Waals surface area contributed by atoms with Gasteiger partial charge in [0, 0.05) is 24.3 Å². The standard InChI is InChI=1S/C15H19NO3/c1-10-8-16(9-14(10)15(18)19-3)13-6-4-12(5-7-13)11(2)17/h4-7,10,14H,8-9H2,1-3H3. The number of carbonyl (C=O) groups is 2. The quantitative estimate of drug-likeness (QED) is 0.618. The van der Waals surface area contributed by atoms with E-state index in [1.807, 2.05) is 24.3 Å². The second-order valence-electron chi connectivity index (χ2n) is 5.11. The lowest BCUT2D eigenvalue weighted by Crippen LogP contribution is -2.24. The number of methoxy groups -OCH3 is 1. The normalized spacial score (nSPS) is 22.4. The fraction of sp³-hybridized carbons (Fsp3) is 0.467. The molecule has 0 saturated carbocycles. The summed E-state index contributed by atoms with van der Waals surface area (Å²) in [7, 11) is 1.43. The molecule has 2 unspecified atom stereocenters. The Morgan fingerprint density at radius 3 is 2.37 bits per heavy atom. The van der Waals surface area contributed by atoms with Crippen molar-refractivity contribution in [1.82, 2.24) is 0 Å². The largest absolute Gasteiger partial charge is 0.469 e. The number of Topliss-reactive ketones (excluding diaryl/α,β-unsaturated/α-hetero) is 1. The zero-order valence-electron chi connectivity index (χ0n) is 11.6. The predicted octanol–water partition coefficient (Wildman–Crippen LogP) is 2.13. The van der Waals surface area contributed by atoms with Gasteiger partial charge in [0.2, 0.25) is 0 Å². The van der Waals surface area contributed by atoms with Gasteiger partial charge in [-0.15, -0.1) is 0 Å². The molecule has 0 bridgehead atoms. The maximum atomic E-state index is 11.7. The molecule has 1 aliphatic rings. The predicted molar refractivity (Wildman–Crippen MR) is 73.3 cm³/mol. The molecular weight excluding hydrogens is 242 g/mol. The van der Waals surface area contributed by atoms with Gasteiger partial charge in [0.25, 0.3) is 0 Å². The Kier molecular flexibility index (Phi) is 3.88. The summed E-state index contributed by atoms with van der Waals surface area (Å²) in [5.74, 6) is 0.126. The van der Waals surface area contributed by atoms with Crippen molar-refractivity contribution >= 4 is 17.4 Å². The Morgan fingerprint density at radius 2 is 1.84 bits per heavy atom. The molecule has 1 saturated heterocycles. The maximum Gasteiger partial charge on any atom is 0.310 e. The van der Waals surface area contributed by atoms with Crippen molar-refractivity contribution in [2.24, 2.45) is 11.8 Å². The number of hydrogen-bond donors (Lipinski definition) is 0. The Labute approximate surface area is 113 Å². The van der Waals surface area contributed by atoms with Gasteiger partial charge >= 0.3 is 5.97 Å². The van der Waals surface area contributed by atoms with Crippen LogP contribution in [0.1, 0.15) is 24.2 Å². The van der Waals surface area contributed by atoms with E-state index >= 15 is 0 Å². The Hall–Kier alpha value is -1.84. The maximum absolute atomic E-state index is 11.7. The summed E-state index contributed by atoms with van der Waals surface area (Å²) in [4.78, 5) is 25.0. The molecule has 1 aromatic rings. The fourth-order valence-corrected chi connectivity index (χ4v) is 2.54. The third-order valence-electron chi connectivity index (χ3n) is 3.76. The smallest absolute Gasteiger partial charge is 0.310 e. The molecule has 2 rings (SSSR count). The van der Waals surface area contributed by atoms with Gasteiger partial charge in [-0.3, -0.25) is 9.59 Å². The third kappa shape index (κ3) is 2.78. The van der Waals surface area contributed by atoms with E-state index in [0.717, 1.165) is 12.2 Å². The van der Waals surface area contributed by atoms with Crippen molar-refractivity contribution < 1.29 is 14.3 Å². The summed E-state index contributed by atoms with van der Waals surface area (Å²) in [6, 6.07) is 7.52. The zero-order valence-corrected chi connectivity index (χ0v) is 11.6. The molecule has 1 fully saturated rings. The van der Waals surface area contributed by atoms with E-state index in [0.29, 0.717) is 12.1 Å². The first-order valence-corrected chi connectivity index (χ1v) is 6.46. The summed E-state index contributed by atoms with van der Waals surface area (Å²) in [6.07, 6.45) is 0. The molecule has 4 heteroatoms. The molecule has 0 aromatic heterocycles. The van der Waals surface area contributed by atoms with Gasteiger partial charge in [-0.2, -0.15) is 0 Å². The van der Waals surface area contributed by atoms with Crippen LogP contribution in [0.15, 0.2) is 24.3 Å². The van der Waals surface area contributed by atoms with Crippen LogP contribution in [0, 0.1) is 11.8 Å². The number of nitrogens with zero attached hydrogens (tertiary/aromatic N) is 1. The second kappa shape index (κ2) is 5.43. The Balaban J connectivity index is 2.11. The SMILES string of the molecule is COC(=O)C1CN(c2ccc(C(C)=O)cc2)CC1C. The van der Waals surface area contributed by atoms with Crippen LogP contribution in [0.3, 0.4) is 0 Å². The monoisotopic (exact) mass is 261 g/mol. The van der Waals surface area contributed by atoms with Gasteiger partial charge < -0.3 is 9.64 Å². The van der Waals surface area contributed by atoms with Crippen molar-refractivity contribution in [3.05, 3.63) is 29.8 Å². The van der Waals surface area contributed by atoms with Crippen LogP contribution in [0.2, 0.25) is 0 Å². The van der Waals surface area contributed by atoms with Crippen LogP contribution in [-0.4, -0.2) is 32.0 Å². The van der Waals surface area contributed by atoms with Gasteiger partial charge in [0.15, 0.2) is 5.78 Å². The second-order valence-corrected chi connectivity index (χ2v) is 5.11. The summed E-state index contributed by atoms with van der Waals surface area (Å²) in [5, 5.41) is 0. The van der Waals surface area contributed by atoms with Crippen LogP contribution in [-0.2, 0) is 9.53 Å². The molecule has 0 amide bonds. The molecular formula is C15H19NO3. The minimum atomic E-state index is -0.143. The molecule has 0 spiro atoms. The topological polar surface area (TPSA) is 46.6 Å². The first kappa shape index (κ1) is 13.6. The molecule has 19 heavy (non-hydrogen) atoms. The summed E-state index contributed by atoms with van der Waals surface area (Å²) in [5.41, 5.74) is 1.75. The lowest BCUT2D eigenvalue weighted by atomic mass is 9.99. The van der Waals surface area contributed by atoms with E-state index in [1.54, 1.807) is 6.92 Å². The van der Waals surface area contributed by atoms with Crippen molar-refractivity contribution in [2.75, 3.05) is 25.1 Å². The van der Waals surface area contributed by atoms with Crippen LogP contribution in [0.5, 0.6) is 0 Å².